The second-order valence-corrected chi connectivity index (χ2v) is 7.39. The Morgan fingerprint density at radius 2 is 2.00 bits per heavy atom. The van der Waals surface area contributed by atoms with E-state index in [2.05, 4.69) is 26.2 Å². The summed E-state index contributed by atoms with van der Waals surface area (Å²) in [6.07, 6.45) is 3.10. The number of amides is 1. The highest BCUT2D eigenvalue weighted by molar-refractivity contribution is 9.10. The van der Waals surface area contributed by atoms with Gasteiger partial charge in [0.15, 0.2) is 5.13 Å². The first-order valence-electron chi connectivity index (χ1n) is 6.51. The summed E-state index contributed by atoms with van der Waals surface area (Å²) >= 11 is 16.6. The lowest BCUT2D eigenvalue weighted by atomic mass is 10.2. The fraction of sp³-hybridized carbons (Fsp3) is 0. The Balaban J connectivity index is 1.72. The average molecular weight is 428 g/mol. The number of rotatable bonds is 3. The van der Waals surface area contributed by atoms with Gasteiger partial charge < -0.3 is 0 Å². The van der Waals surface area contributed by atoms with Gasteiger partial charge in [0, 0.05) is 10.5 Å². The Morgan fingerprint density at radius 1 is 1.17 bits per heavy atom. The summed E-state index contributed by atoms with van der Waals surface area (Å²) in [7, 11) is 0. The van der Waals surface area contributed by atoms with Gasteiger partial charge in [-0.25, -0.2) is 4.98 Å². The van der Waals surface area contributed by atoms with Gasteiger partial charge in [-0.05, 0) is 42.0 Å². The molecular formula is C16H9BrCl2N2OS. The first-order chi connectivity index (χ1) is 11.0. The van der Waals surface area contributed by atoms with Gasteiger partial charge in [0.2, 0.25) is 5.91 Å². The second-order valence-electron chi connectivity index (χ2n) is 4.63. The molecule has 116 valence electrons. The Kier molecular flexibility index (Phi) is 5.02. The summed E-state index contributed by atoms with van der Waals surface area (Å²) in [5.41, 5.74) is 1.64. The molecule has 0 radical (unpaired) electrons. The third-order valence-corrected chi connectivity index (χ3v) is 5.12. The molecule has 7 heteroatoms. The van der Waals surface area contributed by atoms with Crippen LogP contribution in [-0.2, 0) is 4.79 Å². The Labute approximate surface area is 155 Å². The number of fused-ring (bicyclic) bond motifs is 1. The SMILES string of the molecule is O=C(C=Cc1ccc(Cl)c(Cl)c1)Nc1nc2ccc(Br)cc2s1. The predicted octanol–water partition coefficient (Wildman–Crippen LogP) is 6.02. The first-order valence-corrected chi connectivity index (χ1v) is 8.88. The van der Waals surface area contributed by atoms with Gasteiger partial charge in [0.25, 0.3) is 0 Å². The van der Waals surface area contributed by atoms with Gasteiger partial charge in [-0.3, -0.25) is 10.1 Å². The molecule has 0 aliphatic carbocycles. The first kappa shape index (κ1) is 16.5. The van der Waals surface area contributed by atoms with E-state index in [-0.39, 0.29) is 5.91 Å². The molecule has 23 heavy (non-hydrogen) atoms. The molecule has 0 unspecified atom stereocenters. The van der Waals surface area contributed by atoms with Crippen molar-refractivity contribution in [3.05, 3.63) is 62.6 Å². The van der Waals surface area contributed by atoms with E-state index < -0.39 is 0 Å². The summed E-state index contributed by atoms with van der Waals surface area (Å²) in [6.45, 7) is 0. The van der Waals surface area contributed by atoms with E-state index in [9.17, 15) is 4.79 Å². The standard InChI is InChI=1S/C16H9BrCl2N2OS/c17-10-3-5-13-14(8-10)23-16(20-13)21-15(22)6-2-9-1-4-11(18)12(19)7-9/h1-8H,(H,20,21,22). The maximum Gasteiger partial charge on any atom is 0.250 e. The second kappa shape index (κ2) is 7.01. The number of anilines is 1. The highest BCUT2D eigenvalue weighted by Crippen LogP contribution is 2.28. The van der Waals surface area contributed by atoms with Gasteiger partial charge in [0.05, 0.1) is 20.3 Å². The summed E-state index contributed by atoms with van der Waals surface area (Å²) in [5, 5.41) is 4.24. The van der Waals surface area contributed by atoms with Crippen molar-refractivity contribution in [2.75, 3.05) is 5.32 Å². The number of hydrogen-bond donors (Lipinski definition) is 1. The molecule has 3 rings (SSSR count). The topological polar surface area (TPSA) is 42.0 Å². The van der Waals surface area contributed by atoms with Crippen LogP contribution in [0.1, 0.15) is 5.56 Å². The van der Waals surface area contributed by atoms with Crippen molar-refractivity contribution in [2.45, 2.75) is 0 Å². The normalized spacial score (nSPS) is 11.3. The van der Waals surface area contributed by atoms with Crippen LogP contribution in [0.5, 0.6) is 0 Å². The lowest BCUT2D eigenvalue weighted by Gasteiger charge is -1.98. The molecule has 0 bridgehead atoms. The molecule has 0 saturated carbocycles. The monoisotopic (exact) mass is 426 g/mol. The van der Waals surface area contributed by atoms with Gasteiger partial charge >= 0.3 is 0 Å². The molecule has 0 saturated heterocycles. The molecule has 1 heterocycles. The van der Waals surface area contributed by atoms with Crippen LogP contribution in [0.3, 0.4) is 0 Å². The minimum atomic E-state index is -0.255. The van der Waals surface area contributed by atoms with Gasteiger partial charge in [-0.15, -0.1) is 0 Å². The number of nitrogens with zero attached hydrogens (tertiary/aromatic N) is 1. The third-order valence-electron chi connectivity index (χ3n) is 2.95. The zero-order valence-corrected chi connectivity index (χ0v) is 15.4. The molecule has 0 aliphatic heterocycles. The number of thiazole rings is 1. The van der Waals surface area contributed by atoms with E-state index in [1.165, 1.54) is 17.4 Å². The highest BCUT2D eigenvalue weighted by Gasteiger charge is 2.06. The van der Waals surface area contributed by atoms with Crippen molar-refractivity contribution in [1.82, 2.24) is 4.98 Å². The van der Waals surface area contributed by atoms with Gasteiger partial charge in [0.1, 0.15) is 0 Å². The van der Waals surface area contributed by atoms with Crippen LogP contribution in [0.2, 0.25) is 10.0 Å². The summed E-state index contributed by atoms with van der Waals surface area (Å²) < 4.78 is 1.98. The van der Waals surface area contributed by atoms with E-state index in [1.54, 1.807) is 24.3 Å². The number of carbonyl (C=O) groups excluding carboxylic acids is 1. The largest absolute Gasteiger partial charge is 0.298 e. The maximum atomic E-state index is 12.0. The molecule has 1 aromatic heterocycles. The van der Waals surface area contributed by atoms with Crippen molar-refractivity contribution >= 4 is 77.8 Å². The molecule has 1 N–H and O–H groups in total. The minimum Gasteiger partial charge on any atom is -0.298 e. The molecular weight excluding hydrogens is 419 g/mol. The van der Waals surface area contributed by atoms with E-state index in [0.717, 1.165) is 20.3 Å². The van der Waals surface area contributed by atoms with E-state index >= 15 is 0 Å². The Bertz CT molecular complexity index is 924. The molecule has 3 nitrogen and oxygen atoms in total. The quantitative estimate of drug-likeness (QED) is 0.519. The minimum absolute atomic E-state index is 0.255. The van der Waals surface area contributed by atoms with E-state index in [0.29, 0.717) is 15.2 Å². The van der Waals surface area contributed by atoms with Crippen molar-refractivity contribution < 1.29 is 4.79 Å². The van der Waals surface area contributed by atoms with Crippen LogP contribution < -0.4 is 5.32 Å². The predicted molar refractivity (Wildman–Crippen MR) is 101 cm³/mol. The smallest absolute Gasteiger partial charge is 0.250 e. The Morgan fingerprint density at radius 3 is 2.78 bits per heavy atom. The number of halogens is 3. The van der Waals surface area contributed by atoms with E-state index in [1.807, 2.05) is 18.2 Å². The number of hydrogen-bond acceptors (Lipinski definition) is 3. The fourth-order valence-corrected chi connectivity index (χ4v) is 3.61. The van der Waals surface area contributed by atoms with Crippen molar-refractivity contribution in [2.24, 2.45) is 0 Å². The fourth-order valence-electron chi connectivity index (χ4n) is 1.89. The molecule has 2 aromatic carbocycles. The summed E-state index contributed by atoms with van der Waals surface area (Å²) in [6, 6.07) is 11.0. The van der Waals surface area contributed by atoms with Crippen molar-refractivity contribution in [3.63, 3.8) is 0 Å². The average Bonchev–Trinajstić information content (AvgIpc) is 2.89. The molecule has 1 amide bonds. The van der Waals surface area contributed by atoms with Gasteiger partial charge in [-0.1, -0.05) is 56.5 Å². The van der Waals surface area contributed by atoms with E-state index in [4.69, 9.17) is 23.2 Å². The molecule has 0 atom stereocenters. The molecule has 0 aliphatic rings. The molecule has 3 aromatic rings. The van der Waals surface area contributed by atoms with Crippen LogP contribution in [0.4, 0.5) is 5.13 Å². The summed E-state index contributed by atoms with van der Waals surface area (Å²) in [4.78, 5) is 16.3. The zero-order chi connectivity index (χ0) is 16.4. The van der Waals surface area contributed by atoms with Gasteiger partial charge in [-0.2, -0.15) is 0 Å². The number of aromatic nitrogens is 1. The van der Waals surface area contributed by atoms with Crippen molar-refractivity contribution in [1.29, 1.82) is 0 Å². The highest BCUT2D eigenvalue weighted by atomic mass is 79.9. The summed E-state index contributed by atoms with van der Waals surface area (Å²) in [5.74, 6) is -0.255. The lowest BCUT2D eigenvalue weighted by molar-refractivity contribution is -0.111. The van der Waals surface area contributed by atoms with Crippen LogP contribution in [0.25, 0.3) is 16.3 Å². The van der Waals surface area contributed by atoms with Crippen LogP contribution in [-0.4, -0.2) is 10.9 Å². The number of nitrogens with one attached hydrogen (secondary N) is 1. The molecule has 0 spiro atoms. The van der Waals surface area contributed by atoms with Crippen molar-refractivity contribution in [3.8, 4) is 0 Å². The number of benzene rings is 2. The Hall–Kier alpha value is -1.40. The number of carbonyl (C=O) groups is 1. The third kappa shape index (κ3) is 4.12. The lowest BCUT2D eigenvalue weighted by Crippen LogP contribution is -2.07. The van der Waals surface area contributed by atoms with Crippen LogP contribution in [0, 0.1) is 0 Å². The molecule has 0 fully saturated rings. The maximum absolute atomic E-state index is 12.0. The van der Waals surface area contributed by atoms with Crippen LogP contribution in [0.15, 0.2) is 46.9 Å². The zero-order valence-electron chi connectivity index (χ0n) is 11.5. The van der Waals surface area contributed by atoms with Crippen LogP contribution >= 0.6 is 50.5 Å².